The van der Waals surface area contributed by atoms with Crippen LogP contribution in [0, 0.1) is 0 Å². The quantitative estimate of drug-likeness (QED) is 0.736. The van der Waals surface area contributed by atoms with Crippen LogP contribution >= 0.6 is 23.5 Å². The summed E-state index contributed by atoms with van der Waals surface area (Å²) in [5.41, 5.74) is 0.670. The van der Waals surface area contributed by atoms with Crippen LogP contribution < -0.4 is 0 Å². The lowest BCUT2D eigenvalue weighted by Gasteiger charge is -2.12. The Morgan fingerprint density at radius 3 is 2.40 bits per heavy atom. The standard InChI is InChI=1S/C15H16O3S2/c1-19-14-7-6-10(8-12(14)17)13(18)9-20-15-5-3-2-4-11(15)16/h2-8,13,16-18H,9H2,1H3. The number of phenols is 2. The van der Waals surface area contributed by atoms with Gasteiger partial charge in [-0.05, 0) is 36.1 Å². The number of hydrogen-bond donors (Lipinski definition) is 3. The molecule has 1 unspecified atom stereocenters. The second-order valence-electron chi connectivity index (χ2n) is 4.23. The zero-order chi connectivity index (χ0) is 14.5. The summed E-state index contributed by atoms with van der Waals surface area (Å²) in [5, 5.41) is 29.6. The lowest BCUT2D eigenvalue weighted by molar-refractivity contribution is 0.203. The number of benzene rings is 2. The number of para-hydroxylation sites is 1. The van der Waals surface area contributed by atoms with Crippen LogP contribution in [0.25, 0.3) is 0 Å². The summed E-state index contributed by atoms with van der Waals surface area (Å²) in [6.45, 7) is 0. The maximum absolute atomic E-state index is 10.1. The summed E-state index contributed by atoms with van der Waals surface area (Å²) in [4.78, 5) is 1.52. The molecule has 0 aliphatic carbocycles. The third kappa shape index (κ3) is 3.62. The molecule has 0 heterocycles. The molecule has 1 atom stereocenters. The highest BCUT2D eigenvalue weighted by atomic mass is 32.2. The number of phenolic OH excluding ortho intramolecular Hbond substituents is 2. The van der Waals surface area contributed by atoms with Gasteiger partial charge in [-0.1, -0.05) is 18.2 Å². The molecule has 0 amide bonds. The Hall–Kier alpha value is -1.30. The fourth-order valence-corrected chi connectivity index (χ4v) is 3.15. The summed E-state index contributed by atoms with van der Waals surface area (Å²) in [7, 11) is 0. The molecule has 20 heavy (non-hydrogen) atoms. The van der Waals surface area contributed by atoms with Gasteiger partial charge in [0.05, 0.1) is 6.10 Å². The monoisotopic (exact) mass is 308 g/mol. The van der Waals surface area contributed by atoms with Crippen LogP contribution in [-0.2, 0) is 0 Å². The highest BCUT2D eigenvalue weighted by Crippen LogP contribution is 2.33. The van der Waals surface area contributed by atoms with Crippen LogP contribution in [0.2, 0.25) is 0 Å². The zero-order valence-electron chi connectivity index (χ0n) is 11.0. The fraction of sp³-hybridized carbons (Fsp3) is 0.200. The van der Waals surface area contributed by atoms with Gasteiger partial charge in [0, 0.05) is 15.5 Å². The van der Waals surface area contributed by atoms with Gasteiger partial charge in [0.2, 0.25) is 0 Å². The fourth-order valence-electron chi connectivity index (χ4n) is 1.76. The second kappa shape index (κ2) is 6.92. The minimum absolute atomic E-state index is 0.182. The molecular weight excluding hydrogens is 292 g/mol. The van der Waals surface area contributed by atoms with E-state index in [4.69, 9.17) is 0 Å². The first kappa shape index (κ1) is 15.1. The van der Waals surface area contributed by atoms with Gasteiger partial charge in [0.25, 0.3) is 0 Å². The van der Waals surface area contributed by atoms with Gasteiger partial charge >= 0.3 is 0 Å². The Balaban J connectivity index is 2.03. The van der Waals surface area contributed by atoms with E-state index in [0.717, 1.165) is 9.79 Å². The lowest BCUT2D eigenvalue weighted by Crippen LogP contribution is -2.00. The van der Waals surface area contributed by atoms with Gasteiger partial charge in [-0.25, -0.2) is 0 Å². The molecule has 0 aliphatic heterocycles. The molecule has 0 saturated carbocycles. The van der Waals surface area contributed by atoms with Crippen molar-refractivity contribution in [2.45, 2.75) is 15.9 Å². The average Bonchev–Trinajstić information content (AvgIpc) is 2.46. The van der Waals surface area contributed by atoms with E-state index in [-0.39, 0.29) is 11.5 Å². The first-order chi connectivity index (χ1) is 9.61. The molecule has 2 rings (SSSR count). The first-order valence-electron chi connectivity index (χ1n) is 6.07. The van der Waals surface area contributed by atoms with Crippen molar-refractivity contribution in [3.05, 3.63) is 48.0 Å². The SMILES string of the molecule is CSc1ccc(C(O)CSc2ccccc2O)cc1O. The van der Waals surface area contributed by atoms with Crippen LogP contribution in [-0.4, -0.2) is 27.3 Å². The molecule has 3 N–H and O–H groups in total. The van der Waals surface area contributed by atoms with Crippen molar-refractivity contribution in [1.82, 2.24) is 0 Å². The number of hydrogen-bond acceptors (Lipinski definition) is 5. The summed E-state index contributed by atoms with van der Waals surface area (Å²) < 4.78 is 0. The van der Waals surface area contributed by atoms with Gasteiger partial charge in [-0.3, -0.25) is 0 Å². The predicted molar refractivity (Wildman–Crippen MR) is 83.7 cm³/mol. The smallest absolute Gasteiger partial charge is 0.129 e. The Bertz CT molecular complexity index is 587. The van der Waals surface area contributed by atoms with Crippen LogP contribution in [0.5, 0.6) is 11.5 Å². The van der Waals surface area contributed by atoms with Crippen LogP contribution in [0.15, 0.2) is 52.3 Å². The van der Waals surface area contributed by atoms with Gasteiger partial charge in [0.1, 0.15) is 11.5 Å². The van der Waals surface area contributed by atoms with E-state index in [1.54, 1.807) is 30.3 Å². The molecule has 0 fully saturated rings. The minimum atomic E-state index is -0.693. The van der Waals surface area contributed by atoms with Crippen molar-refractivity contribution >= 4 is 23.5 Å². The van der Waals surface area contributed by atoms with E-state index in [0.29, 0.717) is 11.3 Å². The third-order valence-corrected chi connectivity index (χ3v) is 4.77. The van der Waals surface area contributed by atoms with Crippen LogP contribution in [0.1, 0.15) is 11.7 Å². The molecule has 0 radical (unpaired) electrons. The summed E-state index contributed by atoms with van der Waals surface area (Å²) in [5.74, 6) is 0.808. The predicted octanol–water partition coefficient (Wildman–Crippen LogP) is 3.65. The summed E-state index contributed by atoms with van der Waals surface area (Å²) >= 11 is 2.84. The van der Waals surface area contributed by atoms with Gasteiger partial charge in [0.15, 0.2) is 0 Å². The summed E-state index contributed by atoms with van der Waals surface area (Å²) in [6.07, 6.45) is 1.19. The average molecular weight is 308 g/mol. The zero-order valence-corrected chi connectivity index (χ0v) is 12.6. The third-order valence-electron chi connectivity index (χ3n) is 2.85. The maximum Gasteiger partial charge on any atom is 0.129 e. The molecule has 0 saturated heterocycles. The molecule has 106 valence electrons. The number of rotatable bonds is 5. The lowest BCUT2D eigenvalue weighted by atomic mass is 10.1. The minimum Gasteiger partial charge on any atom is -0.507 e. The molecule has 3 nitrogen and oxygen atoms in total. The van der Waals surface area contributed by atoms with E-state index in [1.165, 1.54) is 23.5 Å². The Morgan fingerprint density at radius 2 is 1.75 bits per heavy atom. The van der Waals surface area contributed by atoms with Gasteiger partial charge < -0.3 is 15.3 Å². The Labute approximate surface area is 126 Å². The highest BCUT2D eigenvalue weighted by Gasteiger charge is 2.12. The van der Waals surface area contributed by atoms with Crippen molar-refractivity contribution in [2.75, 3.05) is 12.0 Å². The van der Waals surface area contributed by atoms with Crippen molar-refractivity contribution in [2.24, 2.45) is 0 Å². The van der Waals surface area contributed by atoms with Crippen molar-refractivity contribution in [3.8, 4) is 11.5 Å². The van der Waals surface area contributed by atoms with E-state index < -0.39 is 6.10 Å². The Kier molecular flexibility index (Phi) is 5.23. The molecule has 2 aromatic rings. The second-order valence-corrected chi connectivity index (χ2v) is 6.14. The van der Waals surface area contributed by atoms with Crippen molar-refractivity contribution in [1.29, 1.82) is 0 Å². The van der Waals surface area contributed by atoms with Gasteiger partial charge in [-0.2, -0.15) is 0 Å². The Morgan fingerprint density at radius 1 is 1.00 bits per heavy atom. The first-order valence-corrected chi connectivity index (χ1v) is 8.28. The van der Waals surface area contributed by atoms with Crippen LogP contribution in [0.3, 0.4) is 0 Å². The molecule has 0 aliphatic rings. The number of aliphatic hydroxyl groups is 1. The van der Waals surface area contributed by atoms with Crippen molar-refractivity contribution in [3.63, 3.8) is 0 Å². The molecule has 2 aromatic carbocycles. The maximum atomic E-state index is 10.1. The largest absolute Gasteiger partial charge is 0.507 e. The van der Waals surface area contributed by atoms with Gasteiger partial charge in [-0.15, -0.1) is 23.5 Å². The number of thioether (sulfide) groups is 2. The van der Waals surface area contributed by atoms with Crippen molar-refractivity contribution < 1.29 is 15.3 Å². The molecule has 0 spiro atoms. The van der Waals surface area contributed by atoms with Crippen LogP contribution in [0.4, 0.5) is 0 Å². The molecule has 0 aromatic heterocycles. The number of aromatic hydroxyl groups is 2. The highest BCUT2D eigenvalue weighted by molar-refractivity contribution is 7.99. The molecule has 5 heteroatoms. The van der Waals surface area contributed by atoms with E-state index in [2.05, 4.69) is 0 Å². The van der Waals surface area contributed by atoms with E-state index >= 15 is 0 Å². The molecule has 0 bridgehead atoms. The van der Waals surface area contributed by atoms with E-state index in [9.17, 15) is 15.3 Å². The molecular formula is C15H16O3S2. The topological polar surface area (TPSA) is 60.7 Å². The number of aliphatic hydroxyl groups excluding tert-OH is 1. The normalized spacial score (nSPS) is 12.3. The summed E-state index contributed by atoms with van der Waals surface area (Å²) in [6, 6.07) is 12.2. The van der Waals surface area contributed by atoms with E-state index in [1.807, 2.05) is 18.4 Å².